The maximum atomic E-state index is 13.1. The fourth-order valence-corrected chi connectivity index (χ4v) is 3.73. The highest BCUT2D eigenvalue weighted by Gasteiger charge is 2.29. The Morgan fingerprint density at radius 3 is 2.23 bits per heavy atom. The van der Waals surface area contributed by atoms with Gasteiger partial charge in [-0.25, -0.2) is 4.79 Å². The molecule has 0 aliphatic heterocycles. The predicted molar refractivity (Wildman–Crippen MR) is 101 cm³/mol. The van der Waals surface area contributed by atoms with Crippen molar-refractivity contribution in [2.75, 3.05) is 18.6 Å². The van der Waals surface area contributed by atoms with E-state index in [1.165, 1.54) is 11.8 Å². The van der Waals surface area contributed by atoms with E-state index < -0.39 is 18.2 Å². The van der Waals surface area contributed by atoms with Gasteiger partial charge < -0.3 is 10.1 Å². The van der Waals surface area contributed by atoms with Crippen molar-refractivity contribution in [2.24, 2.45) is 0 Å². The lowest BCUT2D eigenvalue weighted by Crippen LogP contribution is -2.40. The molecule has 6 heteroatoms. The van der Waals surface area contributed by atoms with Gasteiger partial charge in [0.2, 0.25) is 0 Å². The van der Waals surface area contributed by atoms with Crippen molar-refractivity contribution < 1.29 is 18.7 Å². The van der Waals surface area contributed by atoms with Crippen LogP contribution in [0.25, 0.3) is 11.1 Å². The molecule has 2 aromatic rings. The van der Waals surface area contributed by atoms with E-state index in [-0.39, 0.29) is 18.9 Å². The maximum absolute atomic E-state index is 13.1. The van der Waals surface area contributed by atoms with Gasteiger partial charge in [-0.15, -0.1) is 0 Å². The summed E-state index contributed by atoms with van der Waals surface area (Å²) < 4.78 is 18.4. The smallest absolute Gasteiger partial charge is 0.407 e. The van der Waals surface area contributed by atoms with E-state index in [1.807, 2.05) is 42.7 Å². The monoisotopic (exact) mass is 373 g/mol. The predicted octanol–water partition coefficient (Wildman–Crippen LogP) is 4.14. The summed E-state index contributed by atoms with van der Waals surface area (Å²) in [5.41, 5.74) is 4.46. The molecule has 0 heterocycles. The van der Waals surface area contributed by atoms with Crippen molar-refractivity contribution in [2.45, 2.75) is 18.4 Å². The number of halogens is 1. The van der Waals surface area contributed by atoms with Crippen molar-refractivity contribution >= 4 is 23.9 Å². The highest BCUT2D eigenvalue weighted by Crippen LogP contribution is 2.44. The molecule has 1 N–H and O–H groups in total. The summed E-state index contributed by atoms with van der Waals surface area (Å²) in [5, 5.41) is 2.32. The second-order valence-electron chi connectivity index (χ2n) is 6.11. The minimum absolute atomic E-state index is 0.0705. The van der Waals surface area contributed by atoms with Gasteiger partial charge in [0.15, 0.2) is 0 Å². The molecule has 0 bridgehead atoms. The van der Waals surface area contributed by atoms with Crippen molar-refractivity contribution in [3.05, 3.63) is 59.7 Å². The van der Waals surface area contributed by atoms with E-state index in [4.69, 9.17) is 4.74 Å². The quantitative estimate of drug-likeness (QED) is 0.741. The first-order valence-corrected chi connectivity index (χ1v) is 9.81. The summed E-state index contributed by atoms with van der Waals surface area (Å²) in [6.07, 6.45) is 1.32. The van der Waals surface area contributed by atoms with Gasteiger partial charge in [-0.05, 0) is 40.7 Å². The van der Waals surface area contributed by atoms with Gasteiger partial charge in [-0.2, -0.15) is 16.2 Å². The molecule has 3 rings (SSSR count). The normalized spacial score (nSPS) is 13.6. The van der Waals surface area contributed by atoms with Crippen LogP contribution >= 0.6 is 11.8 Å². The lowest BCUT2D eigenvalue weighted by molar-refractivity contribution is -0.131. The largest absolute Gasteiger partial charge is 0.449 e. The number of nitrogens with one attached hydrogen (secondary N) is 1. The first-order chi connectivity index (χ1) is 12.6. The molecule has 0 fully saturated rings. The number of alkyl carbamates (subject to hydrolysis) is 1. The second kappa shape index (κ2) is 8.36. The zero-order valence-corrected chi connectivity index (χ0v) is 15.2. The summed E-state index contributed by atoms with van der Waals surface area (Å²) in [6, 6.07) is 13.3. The topological polar surface area (TPSA) is 55.4 Å². The second-order valence-corrected chi connectivity index (χ2v) is 7.09. The van der Waals surface area contributed by atoms with Gasteiger partial charge in [0, 0.05) is 5.92 Å². The fraction of sp³-hybridized carbons (Fsp3) is 0.300. The van der Waals surface area contributed by atoms with Gasteiger partial charge in [0.05, 0.1) is 0 Å². The van der Waals surface area contributed by atoms with Crippen LogP contribution in [0, 0.1) is 0 Å². The Bertz CT molecular complexity index is 766. The summed E-state index contributed by atoms with van der Waals surface area (Å²) in [7, 11) is 0. The van der Waals surface area contributed by atoms with Gasteiger partial charge in [0.1, 0.15) is 12.6 Å². The molecule has 0 saturated carbocycles. The molecule has 136 valence electrons. The number of benzene rings is 2. The molecule has 26 heavy (non-hydrogen) atoms. The average molecular weight is 373 g/mol. The molecule has 1 unspecified atom stereocenters. The van der Waals surface area contributed by atoms with Crippen LogP contribution in [0.4, 0.5) is 9.18 Å². The number of ether oxygens (including phenoxy) is 1. The van der Waals surface area contributed by atoms with Crippen LogP contribution in [0.15, 0.2) is 48.5 Å². The average Bonchev–Trinajstić information content (AvgIpc) is 2.97. The summed E-state index contributed by atoms with van der Waals surface area (Å²) in [6.45, 7) is 0.135. The number of fused-ring (bicyclic) bond motifs is 3. The first-order valence-electron chi connectivity index (χ1n) is 8.41. The third-order valence-corrected chi connectivity index (χ3v) is 5.16. The van der Waals surface area contributed by atoms with Crippen LogP contribution in [-0.4, -0.2) is 36.8 Å². The maximum Gasteiger partial charge on any atom is 0.407 e. The highest BCUT2D eigenvalue weighted by molar-refractivity contribution is 7.98. The third kappa shape index (κ3) is 3.90. The van der Waals surface area contributed by atoms with E-state index >= 15 is 0 Å². The Kier molecular flexibility index (Phi) is 5.93. The first kappa shape index (κ1) is 18.5. The van der Waals surface area contributed by atoms with Crippen molar-refractivity contribution in [3.8, 4) is 11.1 Å². The number of hydrogen-bond acceptors (Lipinski definition) is 4. The number of carbonyl (C=O) groups is 2. The van der Waals surface area contributed by atoms with E-state index in [0.717, 1.165) is 22.3 Å². The van der Waals surface area contributed by atoms with Crippen LogP contribution in [0.2, 0.25) is 0 Å². The van der Waals surface area contributed by atoms with Crippen LogP contribution in [0.5, 0.6) is 0 Å². The molecule has 0 radical (unpaired) electrons. The summed E-state index contributed by atoms with van der Waals surface area (Å²) in [4.78, 5) is 23.1. The standard InChI is InChI=1S/C20H20FNO3S/c1-26-11-10-18(19(21)23)22-20(24)25-12-17-15-8-4-2-6-13(15)14-7-3-5-9-16(14)17/h2-9,17-18H,10-12H2,1H3,(H,22,24). The number of hydrogen-bond donors (Lipinski definition) is 1. The molecule has 1 atom stereocenters. The molecule has 0 saturated heterocycles. The molecule has 1 amide bonds. The lowest BCUT2D eigenvalue weighted by Gasteiger charge is -2.17. The Hall–Kier alpha value is -2.34. The van der Waals surface area contributed by atoms with Gasteiger partial charge >= 0.3 is 12.1 Å². The number of amides is 1. The van der Waals surface area contributed by atoms with Crippen molar-refractivity contribution in [3.63, 3.8) is 0 Å². The zero-order chi connectivity index (χ0) is 18.5. The third-order valence-electron chi connectivity index (χ3n) is 4.52. The lowest BCUT2D eigenvalue weighted by atomic mass is 9.98. The Morgan fingerprint density at radius 2 is 1.69 bits per heavy atom. The molecule has 0 spiro atoms. The molecule has 1 aliphatic carbocycles. The van der Waals surface area contributed by atoms with Crippen LogP contribution in [0.3, 0.4) is 0 Å². The molecule has 0 aromatic heterocycles. The minimum atomic E-state index is -1.55. The molecule has 1 aliphatic rings. The Labute approximate surface area is 156 Å². The Morgan fingerprint density at radius 1 is 1.12 bits per heavy atom. The number of thioether (sulfide) groups is 1. The van der Waals surface area contributed by atoms with Crippen LogP contribution in [0.1, 0.15) is 23.5 Å². The van der Waals surface area contributed by atoms with E-state index in [1.54, 1.807) is 0 Å². The molecule has 2 aromatic carbocycles. The van der Waals surface area contributed by atoms with E-state index in [2.05, 4.69) is 17.4 Å². The molecule has 4 nitrogen and oxygen atoms in total. The van der Waals surface area contributed by atoms with Crippen LogP contribution in [-0.2, 0) is 9.53 Å². The highest BCUT2D eigenvalue weighted by atomic mass is 32.2. The zero-order valence-electron chi connectivity index (χ0n) is 14.4. The minimum Gasteiger partial charge on any atom is -0.449 e. The van der Waals surface area contributed by atoms with Crippen molar-refractivity contribution in [1.82, 2.24) is 5.32 Å². The summed E-state index contributed by atoms with van der Waals surface area (Å²) in [5.74, 6) is 0.503. The van der Waals surface area contributed by atoms with E-state index in [9.17, 15) is 14.0 Å². The fourth-order valence-electron chi connectivity index (χ4n) is 3.26. The number of carbonyl (C=O) groups excluding carboxylic acids is 2. The Balaban J connectivity index is 1.68. The van der Waals surface area contributed by atoms with Crippen molar-refractivity contribution in [1.29, 1.82) is 0 Å². The van der Waals surface area contributed by atoms with Gasteiger partial charge in [0.25, 0.3) is 0 Å². The SMILES string of the molecule is CSCCC(NC(=O)OCC1c2ccccc2-c2ccccc21)C(=O)F. The molecular formula is C20H20FNO3S. The number of rotatable bonds is 7. The van der Waals surface area contributed by atoms with Crippen LogP contribution < -0.4 is 5.32 Å². The van der Waals surface area contributed by atoms with Gasteiger partial charge in [-0.1, -0.05) is 48.5 Å². The summed E-state index contributed by atoms with van der Waals surface area (Å²) >= 11 is 1.48. The van der Waals surface area contributed by atoms with Gasteiger partial charge in [-0.3, -0.25) is 4.79 Å². The molecular weight excluding hydrogens is 353 g/mol. The van der Waals surface area contributed by atoms with E-state index in [0.29, 0.717) is 5.75 Å².